The lowest BCUT2D eigenvalue weighted by Gasteiger charge is -2.16. The van der Waals surface area contributed by atoms with E-state index >= 15 is 0 Å². The number of aromatic nitrogens is 1. The molecule has 1 N–H and O–H groups in total. The molecule has 2 aromatic carbocycles. The van der Waals surface area contributed by atoms with Crippen LogP contribution in [0.15, 0.2) is 77.4 Å². The highest BCUT2D eigenvalue weighted by molar-refractivity contribution is 7.17. The van der Waals surface area contributed by atoms with Gasteiger partial charge in [0.05, 0.1) is 12.0 Å². The maximum atomic E-state index is 13.2. The predicted molar refractivity (Wildman–Crippen MR) is 107 cm³/mol. The van der Waals surface area contributed by atoms with Crippen molar-refractivity contribution in [2.24, 2.45) is 0 Å². The number of aryl methyl sites for hydroxylation is 1. The molecule has 2 aromatic heterocycles. The number of carbonyl (C=O) groups is 1. The zero-order chi connectivity index (χ0) is 19.5. The molecule has 0 fully saturated rings. The SMILES string of the molecule is Cc1nc(-c2ccc(F)cc2)sc1C(=O)NC(c1ccccc1)c1ccco1. The van der Waals surface area contributed by atoms with E-state index in [1.165, 1.54) is 23.5 Å². The molecule has 0 aliphatic carbocycles. The van der Waals surface area contributed by atoms with Crippen LogP contribution in [0.2, 0.25) is 0 Å². The highest BCUT2D eigenvalue weighted by atomic mass is 32.1. The third-order valence-corrected chi connectivity index (χ3v) is 5.54. The Bertz CT molecular complexity index is 1070. The molecule has 0 saturated heterocycles. The van der Waals surface area contributed by atoms with Crippen molar-refractivity contribution in [1.82, 2.24) is 10.3 Å². The third-order valence-electron chi connectivity index (χ3n) is 4.33. The molecule has 4 nitrogen and oxygen atoms in total. The van der Waals surface area contributed by atoms with Gasteiger partial charge in [0, 0.05) is 5.56 Å². The number of halogens is 1. The van der Waals surface area contributed by atoms with Crippen molar-refractivity contribution < 1.29 is 13.6 Å². The first-order chi connectivity index (χ1) is 13.6. The molecule has 0 aliphatic rings. The van der Waals surface area contributed by atoms with Crippen LogP contribution in [0.1, 0.15) is 32.7 Å². The number of nitrogens with one attached hydrogen (secondary N) is 1. The average Bonchev–Trinajstić information content (AvgIpc) is 3.37. The number of hydrogen-bond acceptors (Lipinski definition) is 4. The third kappa shape index (κ3) is 3.73. The summed E-state index contributed by atoms with van der Waals surface area (Å²) in [6, 6.07) is 19.0. The molecule has 4 rings (SSSR count). The lowest BCUT2D eigenvalue weighted by molar-refractivity contribution is 0.0942. The number of hydrogen-bond donors (Lipinski definition) is 1. The summed E-state index contributed by atoms with van der Waals surface area (Å²) in [4.78, 5) is 18.0. The molecule has 28 heavy (non-hydrogen) atoms. The second-order valence-corrected chi connectivity index (χ2v) is 7.27. The van der Waals surface area contributed by atoms with E-state index in [9.17, 15) is 9.18 Å². The first-order valence-corrected chi connectivity index (χ1v) is 9.56. The molecule has 4 aromatic rings. The molecule has 1 unspecified atom stereocenters. The fourth-order valence-corrected chi connectivity index (χ4v) is 3.91. The van der Waals surface area contributed by atoms with Crippen LogP contribution < -0.4 is 5.32 Å². The fourth-order valence-electron chi connectivity index (χ4n) is 2.94. The van der Waals surface area contributed by atoms with Crippen molar-refractivity contribution >= 4 is 17.2 Å². The van der Waals surface area contributed by atoms with E-state index in [-0.39, 0.29) is 11.7 Å². The summed E-state index contributed by atoms with van der Waals surface area (Å²) < 4.78 is 18.7. The zero-order valence-corrected chi connectivity index (χ0v) is 15.9. The van der Waals surface area contributed by atoms with E-state index in [4.69, 9.17) is 4.42 Å². The molecule has 0 aliphatic heterocycles. The Balaban J connectivity index is 1.62. The van der Waals surface area contributed by atoms with Crippen molar-refractivity contribution in [2.45, 2.75) is 13.0 Å². The highest BCUT2D eigenvalue weighted by Crippen LogP contribution is 2.29. The Morgan fingerprint density at radius 2 is 1.82 bits per heavy atom. The lowest BCUT2D eigenvalue weighted by atomic mass is 10.0. The van der Waals surface area contributed by atoms with E-state index in [1.54, 1.807) is 31.4 Å². The Morgan fingerprint density at radius 1 is 1.07 bits per heavy atom. The van der Waals surface area contributed by atoms with E-state index in [1.807, 2.05) is 36.4 Å². The highest BCUT2D eigenvalue weighted by Gasteiger charge is 2.23. The summed E-state index contributed by atoms with van der Waals surface area (Å²) in [5, 5.41) is 3.72. The van der Waals surface area contributed by atoms with Gasteiger partial charge in [-0.15, -0.1) is 11.3 Å². The number of carbonyl (C=O) groups excluding carboxylic acids is 1. The molecular formula is C22H17FN2O2S. The van der Waals surface area contributed by atoms with Crippen LogP contribution in [-0.4, -0.2) is 10.9 Å². The van der Waals surface area contributed by atoms with Gasteiger partial charge >= 0.3 is 0 Å². The van der Waals surface area contributed by atoms with E-state index < -0.39 is 6.04 Å². The summed E-state index contributed by atoms with van der Waals surface area (Å²) >= 11 is 1.28. The summed E-state index contributed by atoms with van der Waals surface area (Å²) in [5.74, 6) is 0.119. The Morgan fingerprint density at radius 3 is 2.50 bits per heavy atom. The van der Waals surface area contributed by atoms with Crippen molar-refractivity contribution in [3.63, 3.8) is 0 Å². The monoisotopic (exact) mass is 392 g/mol. The first kappa shape index (κ1) is 18.1. The largest absolute Gasteiger partial charge is 0.467 e. The topological polar surface area (TPSA) is 55.1 Å². The smallest absolute Gasteiger partial charge is 0.264 e. The molecule has 0 spiro atoms. The van der Waals surface area contributed by atoms with Gasteiger partial charge in [0.15, 0.2) is 0 Å². The van der Waals surface area contributed by atoms with Gasteiger partial charge < -0.3 is 9.73 Å². The van der Waals surface area contributed by atoms with Crippen LogP contribution in [0, 0.1) is 12.7 Å². The van der Waals surface area contributed by atoms with E-state index in [0.717, 1.165) is 11.1 Å². The molecular weight excluding hydrogens is 375 g/mol. The van der Waals surface area contributed by atoms with Crippen LogP contribution in [0.4, 0.5) is 4.39 Å². The normalized spacial score (nSPS) is 11.9. The summed E-state index contributed by atoms with van der Waals surface area (Å²) in [6.45, 7) is 1.79. The summed E-state index contributed by atoms with van der Waals surface area (Å²) in [6.07, 6.45) is 1.59. The van der Waals surface area contributed by atoms with Crippen LogP contribution in [0.3, 0.4) is 0 Å². The summed E-state index contributed by atoms with van der Waals surface area (Å²) in [7, 11) is 0. The van der Waals surface area contributed by atoms with Crippen LogP contribution >= 0.6 is 11.3 Å². The lowest BCUT2D eigenvalue weighted by Crippen LogP contribution is -2.29. The fraction of sp³-hybridized carbons (Fsp3) is 0.0909. The van der Waals surface area contributed by atoms with Gasteiger partial charge in [-0.3, -0.25) is 4.79 Å². The molecule has 0 saturated carbocycles. The van der Waals surface area contributed by atoms with Crippen LogP contribution in [-0.2, 0) is 0 Å². The molecule has 2 heterocycles. The number of thiazole rings is 1. The minimum Gasteiger partial charge on any atom is -0.467 e. The summed E-state index contributed by atoms with van der Waals surface area (Å²) in [5.41, 5.74) is 2.33. The van der Waals surface area contributed by atoms with E-state index in [2.05, 4.69) is 10.3 Å². The first-order valence-electron chi connectivity index (χ1n) is 8.74. The van der Waals surface area contributed by atoms with Gasteiger partial charge in [0.1, 0.15) is 27.5 Å². The zero-order valence-electron chi connectivity index (χ0n) is 15.1. The van der Waals surface area contributed by atoms with Crippen molar-refractivity contribution in [2.75, 3.05) is 0 Å². The van der Waals surface area contributed by atoms with Crippen LogP contribution in [0.25, 0.3) is 10.6 Å². The van der Waals surface area contributed by atoms with Gasteiger partial charge in [-0.25, -0.2) is 9.37 Å². The van der Waals surface area contributed by atoms with Gasteiger partial charge in [0.2, 0.25) is 0 Å². The number of furan rings is 1. The standard InChI is InChI=1S/C22H17FN2O2S/c1-14-20(28-22(24-14)16-9-11-17(23)12-10-16)21(26)25-19(18-8-5-13-27-18)15-6-3-2-4-7-15/h2-13,19H,1H3,(H,25,26). The van der Waals surface area contributed by atoms with Crippen molar-refractivity contribution in [3.8, 4) is 10.6 Å². The second-order valence-electron chi connectivity index (χ2n) is 6.27. The maximum absolute atomic E-state index is 13.2. The molecule has 0 radical (unpaired) electrons. The van der Waals surface area contributed by atoms with Crippen molar-refractivity contribution in [3.05, 3.63) is 101 Å². The molecule has 1 atom stereocenters. The van der Waals surface area contributed by atoms with E-state index in [0.29, 0.717) is 21.3 Å². The Hall–Kier alpha value is -3.25. The van der Waals surface area contributed by atoms with Crippen LogP contribution in [0.5, 0.6) is 0 Å². The van der Waals surface area contributed by atoms with Gasteiger partial charge in [-0.1, -0.05) is 30.3 Å². The van der Waals surface area contributed by atoms with Crippen molar-refractivity contribution in [1.29, 1.82) is 0 Å². The van der Waals surface area contributed by atoms with Gasteiger partial charge in [-0.2, -0.15) is 0 Å². The molecule has 6 heteroatoms. The number of benzene rings is 2. The Labute approximate surface area is 165 Å². The molecule has 140 valence electrons. The Kier molecular flexibility index (Phi) is 5.04. The second kappa shape index (κ2) is 7.78. The number of rotatable bonds is 5. The average molecular weight is 392 g/mol. The van der Waals surface area contributed by atoms with Gasteiger partial charge in [-0.05, 0) is 48.9 Å². The molecule has 0 bridgehead atoms. The maximum Gasteiger partial charge on any atom is 0.264 e. The number of amides is 1. The quantitative estimate of drug-likeness (QED) is 0.497. The minimum absolute atomic E-state index is 0.228. The number of nitrogens with zero attached hydrogens (tertiary/aromatic N) is 1. The molecule has 1 amide bonds. The predicted octanol–water partition coefficient (Wildman–Crippen LogP) is 5.37. The van der Waals surface area contributed by atoms with Gasteiger partial charge in [0.25, 0.3) is 5.91 Å². The minimum atomic E-state index is -0.403.